The van der Waals surface area contributed by atoms with Gasteiger partial charge in [0, 0.05) is 10.5 Å². The molecular weight excluding hydrogens is 331 g/mol. The molecule has 0 spiro atoms. The minimum Gasteiger partial charge on any atom is -0.465 e. The van der Waals surface area contributed by atoms with E-state index in [1.165, 1.54) is 31.5 Å². The highest BCUT2D eigenvalue weighted by Gasteiger charge is 2.13. The highest BCUT2D eigenvalue weighted by Crippen LogP contribution is 2.27. The number of benzene rings is 1. The Morgan fingerprint density at radius 3 is 2.80 bits per heavy atom. The summed E-state index contributed by atoms with van der Waals surface area (Å²) in [5.41, 5.74) is 5.87. The average molecular weight is 341 g/mol. The van der Waals surface area contributed by atoms with Crippen molar-refractivity contribution in [3.63, 3.8) is 0 Å². The molecule has 104 valence electrons. The molecule has 0 aliphatic rings. The number of esters is 1. The average Bonchev–Trinajstić information content (AvgIpc) is 2.43. The van der Waals surface area contributed by atoms with Gasteiger partial charge in [-0.15, -0.1) is 0 Å². The number of nitrogen functional groups attached to an aromatic ring is 1. The van der Waals surface area contributed by atoms with Crippen LogP contribution in [0.5, 0.6) is 11.6 Å². The van der Waals surface area contributed by atoms with Crippen LogP contribution in [-0.4, -0.2) is 18.1 Å². The molecular formula is C13H10BrFN2O3. The van der Waals surface area contributed by atoms with Crippen LogP contribution in [0.1, 0.15) is 10.4 Å². The van der Waals surface area contributed by atoms with Crippen molar-refractivity contribution < 1.29 is 18.7 Å². The first-order chi connectivity index (χ1) is 9.51. The van der Waals surface area contributed by atoms with Crippen LogP contribution < -0.4 is 10.5 Å². The summed E-state index contributed by atoms with van der Waals surface area (Å²) < 4.78 is 24.1. The molecule has 0 bridgehead atoms. The number of carbonyl (C=O) groups excluding carboxylic acids is 1. The molecule has 0 saturated heterocycles. The zero-order valence-corrected chi connectivity index (χ0v) is 12.0. The molecule has 0 saturated carbocycles. The Balaban J connectivity index is 2.32. The Morgan fingerprint density at radius 1 is 1.40 bits per heavy atom. The van der Waals surface area contributed by atoms with Crippen molar-refractivity contribution in [1.29, 1.82) is 0 Å². The van der Waals surface area contributed by atoms with E-state index in [-0.39, 0.29) is 22.9 Å². The van der Waals surface area contributed by atoms with Gasteiger partial charge >= 0.3 is 5.97 Å². The van der Waals surface area contributed by atoms with Crippen molar-refractivity contribution in [2.75, 3.05) is 12.8 Å². The maximum Gasteiger partial charge on any atom is 0.340 e. The Morgan fingerprint density at radius 2 is 2.15 bits per heavy atom. The molecule has 0 aliphatic heterocycles. The lowest BCUT2D eigenvalue weighted by Crippen LogP contribution is -2.06. The van der Waals surface area contributed by atoms with Gasteiger partial charge in [0.2, 0.25) is 5.88 Å². The molecule has 0 radical (unpaired) electrons. The van der Waals surface area contributed by atoms with E-state index in [0.29, 0.717) is 4.47 Å². The van der Waals surface area contributed by atoms with Gasteiger partial charge < -0.3 is 15.2 Å². The summed E-state index contributed by atoms with van der Waals surface area (Å²) in [6.45, 7) is 0. The molecule has 2 N–H and O–H groups in total. The lowest BCUT2D eigenvalue weighted by molar-refractivity contribution is 0.0601. The second-order valence-electron chi connectivity index (χ2n) is 3.78. The predicted molar refractivity (Wildman–Crippen MR) is 74.2 cm³/mol. The number of nitrogens with zero attached hydrogens (tertiary/aromatic N) is 1. The molecule has 20 heavy (non-hydrogen) atoms. The maximum absolute atomic E-state index is 13.6. The number of ether oxygens (including phenoxy) is 2. The van der Waals surface area contributed by atoms with Gasteiger partial charge in [0.05, 0.1) is 24.6 Å². The van der Waals surface area contributed by atoms with Gasteiger partial charge in [0.1, 0.15) is 0 Å². The van der Waals surface area contributed by atoms with Gasteiger partial charge in [0.25, 0.3) is 0 Å². The zero-order chi connectivity index (χ0) is 14.7. The van der Waals surface area contributed by atoms with E-state index in [2.05, 4.69) is 25.7 Å². The van der Waals surface area contributed by atoms with Crippen LogP contribution in [0, 0.1) is 5.82 Å². The number of pyridine rings is 1. The summed E-state index contributed by atoms with van der Waals surface area (Å²) >= 11 is 3.14. The third-order valence-electron chi connectivity index (χ3n) is 2.42. The minimum atomic E-state index is -0.619. The molecule has 0 aliphatic carbocycles. The molecule has 5 nitrogen and oxygen atoms in total. The summed E-state index contributed by atoms with van der Waals surface area (Å²) in [5, 5.41) is 0. The Kier molecular flexibility index (Phi) is 4.19. The van der Waals surface area contributed by atoms with Gasteiger partial charge in [0.15, 0.2) is 11.6 Å². The fraction of sp³-hybridized carbons (Fsp3) is 0.0769. The number of rotatable bonds is 3. The third-order valence-corrected chi connectivity index (χ3v) is 2.92. The number of hydrogen-bond donors (Lipinski definition) is 1. The lowest BCUT2D eigenvalue weighted by Gasteiger charge is -2.08. The summed E-state index contributed by atoms with van der Waals surface area (Å²) in [4.78, 5) is 15.4. The summed E-state index contributed by atoms with van der Waals surface area (Å²) in [5.74, 6) is -1.15. The molecule has 1 aromatic carbocycles. The number of halogens is 2. The SMILES string of the molecule is COC(=O)c1cc(Oc2ccc(Br)cc2F)ncc1N. The zero-order valence-electron chi connectivity index (χ0n) is 10.4. The molecule has 2 rings (SSSR count). The van der Waals surface area contributed by atoms with E-state index in [1.54, 1.807) is 6.07 Å². The Hall–Kier alpha value is -2.15. The third kappa shape index (κ3) is 3.05. The minimum absolute atomic E-state index is 0.0127. The summed E-state index contributed by atoms with van der Waals surface area (Å²) in [7, 11) is 1.23. The first kappa shape index (κ1) is 14.3. The normalized spacial score (nSPS) is 10.2. The van der Waals surface area contributed by atoms with E-state index in [4.69, 9.17) is 10.5 Å². The number of carbonyl (C=O) groups is 1. The fourth-order valence-electron chi connectivity index (χ4n) is 1.46. The van der Waals surface area contributed by atoms with Crippen LogP contribution in [0.15, 0.2) is 34.9 Å². The molecule has 0 atom stereocenters. The molecule has 0 unspecified atom stereocenters. The lowest BCUT2D eigenvalue weighted by atomic mass is 10.2. The van der Waals surface area contributed by atoms with E-state index in [9.17, 15) is 9.18 Å². The fourth-order valence-corrected chi connectivity index (χ4v) is 1.79. The van der Waals surface area contributed by atoms with Crippen molar-refractivity contribution in [1.82, 2.24) is 4.98 Å². The number of methoxy groups -OCH3 is 1. The van der Waals surface area contributed by atoms with Crippen molar-refractivity contribution in [3.8, 4) is 11.6 Å². The molecule has 1 heterocycles. The van der Waals surface area contributed by atoms with Crippen LogP contribution in [0.3, 0.4) is 0 Å². The highest BCUT2D eigenvalue weighted by atomic mass is 79.9. The predicted octanol–water partition coefficient (Wildman–Crippen LogP) is 3.14. The summed E-state index contributed by atoms with van der Waals surface area (Å²) in [6.07, 6.45) is 1.25. The number of nitrogens with two attached hydrogens (primary N) is 1. The van der Waals surface area contributed by atoms with Crippen molar-refractivity contribution in [3.05, 3.63) is 46.3 Å². The molecule has 2 aromatic rings. The Bertz CT molecular complexity index is 664. The van der Waals surface area contributed by atoms with Gasteiger partial charge in [-0.05, 0) is 18.2 Å². The van der Waals surface area contributed by atoms with Gasteiger partial charge in [-0.3, -0.25) is 0 Å². The topological polar surface area (TPSA) is 74.4 Å². The van der Waals surface area contributed by atoms with Crippen LogP contribution in [0.2, 0.25) is 0 Å². The van der Waals surface area contributed by atoms with Crippen LogP contribution in [-0.2, 0) is 4.74 Å². The highest BCUT2D eigenvalue weighted by molar-refractivity contribution is 9.10. The summed E-state index contributed by atoms with van der Waals surface area (Å²) in [6, 6.07) is 5.61. The van der Waals surface area contributed by atoms with E-state index < -0.39 is 11.8 Å². The Labute approximate surface area is 122 Å². The molecule has 1 aromatic heterocycles. The van der Waals surface area contributed by atoms with E-state index in [0.717, 1.165) is 0 Å². The first-order valence-corrected chi connectivity index (χ1v) is 6.27. The number of anilines is 1. The van der Waals surface area contributed by atoms with Crippen LogP contribution in [0.4, 0.5) is 10.1 Å². The molecule has 0 amide bonds. The van der Waals surface area contributed by atoms with Crippen molar-refractivity contribution in [2.24, 2.45) is 0 Å². The number of hydrogen-bond acceptors (Lipinski definition) is 5. The molecule has 7 heteroatoms. The van der Waals surface area contributed by atoms with Crippen molar-refractivity contribution in [2.45, 2.75) is 0 Å². The largest absolute Gasteiger partial charge is 0.465 e. The second kappa shape index (κ2) is 5.87. The van der Waals surface area contributed by atoms with Gasteiger partial charge in [-0.2, -0.15) is 0 Å². The van der Waals surface area contributed by atoms with E-state index >= 15 is 0 Å². The van der Waals surface area contributed by atoms with Crippen LogP contribution >= 0.6 is 15.9 Å². The smallest absolute Gasteiger partial charge is 0.340 e. The van der Waals surface area contributed by atoms with Crippen molar-refractivity contribution >= 4 is 27.6 Å². The second-order valence-corrected chi connectivity index (χ2v) is 4.69. The standard InChI is InChI=1S/C13H10BrFN2O3/c1-19-13(18)8-5-12(17-6-10(8)16)20-11-3-2-7(14)4-9(11)15/h2-6H,16H2,1H3. The molecule has 0 fully saturated rings. The number of aromatic nitrogens is 1. The maximum atomic E-state index is 13.6. The van der Waals surface area contributed by atoms with E-state index in [1.807, 2.05) is 0 Å². The van der Waals surface area contributed by atoms with Gasteiger partial charge in [-0.25, -0.2) is 14.2 Å². The van der Waals surface area contributed by atoms with Crippen LogP contribution in [0.25, 0.3) is 0 Å². The monoisotopic (exact) mass is 340 g/mol. The first-order valence-electron chi connectivity index (χ1n) is 5.48. The van der Waals surface area contributed by atoms with Gasteiger partial charge in [-0.1, -0.05) is 15.9 Å². The quantitative estimate of drug-likeness (QED) is 0.868.